The van der Waals surface area contributed by atoms with Crippen LogP contribution in [0.25, 0.3) is 0 Å². The predicted octanol–water partition coefficient (Wildman–Crippen LogP) is 2.54. The summed E-state index contributed by atoms with van der Waals surface area (Å²) in [5, 5.41) is 2.79. The molecule has 20 heavy (non-hydrogen) atoms. The maximum Gasteiger partial charge on any atom is 0.255 e. The molecule has 0 spiro atoms. The molecule has 0 saturated carbocycles. The molecule has 0 aliphatic heterocycles. The minimum atomic E-state index is -0.257. The molecule has 0 heterocycles. The van der Waals surface area contributed by atoms with E-state index in [4.69, 9.17) is 15.2 Å². The maximum absolute atomic E-state index is 12.2. The molecule has 0 aliphatic carbocycles. The van der Waals surface area contributed by atoms with E-state index in [0.29, 0.717) is 28.4 Å². The molecule has 0 bridgehead atoms. The van der Waals surface area contributed by atoms with Crippen LogP contribution in [0.3, 0.4) is 0 Å². The summed E-state index contributed by atoms with van der Waals surface area (Å²) in [4.78, 5) is 12.2. The van der Waals surface area contributed by atoms with Gasteiger partial charge in [-0.3, -0.25) is 4.79 Å². The average molecular weight is 272 g/mol. The lowest BCUT2D eigenvalue weighted by Crippen LogP contribution is -2.13. The molecule has 0 fully saturated rings. The van der Waals surface area contributed by atoms with Crippen molar-refractivity contribution >= 4 is 17.3 Å². The van der Waals surface area contributed by atoms with E-state index in [1.54, 1.807) is 37.4 Å². The molecule has 5 nitrogen and oxygen atoms in total. The van der Waals surface area contributed by atoms with Crippen LogP contribution >= 0.6 is 0 Å². The summed E-state index contributed by atoms with van der Waals surface area (Å²) in [5.74, 6) is 0.814. The third kappa shape index (κ3) is 2.83. The summed E-state index contributed by atoms with van der Waals surface area (Å²) in [6.07, 6.45) is 0. The second-order valence-electron chi connectivity index (χ2n) is 4.11. The van der Waals surface area contributed by atoms with Crippen LogP contribution in [0.1, 0.15) is 10.4 Å². The van der Waals surface area contributed by atoms with E-state index in [9.17, 15) is 4.79 Å². The minimum absolute atomic E-state index is 0.257. The third-order valence-corrected chi connectivity index (χ3v) is 2.85. The number of anilines is 2. The molecular weight excluding hydrogens is 256 g/mol. The highest BCUT2D eigenvalue weighted by molar-refractivity contribution is 6.05. The van der Waals surface area contributed by atoms with Gasteiger partial charge in [0.25, 0.3) is 5.91 Å². The highest BCUT2D eigenvalue weighted by atomic mass is 16.5. The van der Waals surface area contributed by atoms with E-state index >= 15 is 0 Å². The highest BCUT2D eigenvalue weighted by Gasteiger charge is 2.11. The van der Waals surface area contributed by atoms with Gasteiger partial charge >= 0.3 is 0 Å². The largest absolute Gasteiger partial charge is 0.495 e. The molecule has 0 unspecified atom stereocenters. The Morgan fingerprint density at radius 1 is 1.05 bits per heavy atom. The number of ether oxygens (including phenoxy) is 2. The molecule has 2 aromatic rings. The van der Waals surface area contributed by atoms with Crippen LogP contribution in [0.4, 0.5) is 11.4 Å². The number of methoxy groups -OCH3 is 2. The summed E-state index contributed by atoms with van der Waals surface area (Å²) in [5.41, 5.74) is 7.28. The molecule has 2 aromatic carbocycles. The summed E-state index contributed by atoms with van der Waals surface area (Å²) in [6.45, 7) is 0. The van der Waals surface area contributed by atoms with Crippen molar-refractivity contribution in [2.45, 2.75) is 0 Å². The van der Waals surface area contributed by atoms with Crippen LogP contribution in [0.5, 0.6) is 11.5 Å². The van der Waals surface area contributed by atoms with Gasteiger partial charge in [-0.2, -0.15) is 0 Å². The van der Waals surface area contributed by atoms with Crippen LogP contribution < -0.4 is 20.5 Å². The molecule has 2 rings (SSSR count). The molecule has 0 aromatic heterocycles. The van der Waals surface area contributed by atoms with E-state index in [-0.39, 0.29) is 5.91 Å². The first-order valence-corrected chi connectivity index (χ1v) is 6.03. The smallest absolute Gasteiger partial charge is 0.255 e. The molecular formula is C15H16N2O3. The summed E-state index contributed by atoms with van der Waals surface area (Å²) < 4.78 is 10.3. The first kappa shape index (κ1) is 13.7. The van der Waals surface area contributed by atoms with Gasteiger partial charge in [0.2, 0.25) is 0 Å². The first-order chi connectivity index (χ1) is 9.65. The maximum atomic E-state index is 12.2. The van der Waals surface area contributed by atoms with Crippen molar-refractivity contribution in [3.63, 3.8) is 0 Å². The number of carbonyl (C=O) groups excluding carboxylic acids is 1. The van der Waals surface area contributed by atoms with Crippen molar-refractivity contribution in [2.75, 3.05) is 25.3 Å². The molecule has 0 aliphatic rings. The third-order valence-electron chi connectivity index (χ3n) is 2.85. The molecule has 0 saturated heterocycles. The Labute approximate surface area is 117 Å². The van der Waals surface area contributed by atoms with Crippen LogP contribution in [-0.4, -0.2) is 20.1 Å². The Kier molecular flexibility index (Phi) is 4.10. The summed E-state index contributed by atoms with van der Waals surface area (Å²) in [7, 11) is 3.06. The number of para-hydroxylation sites is 2. The van der Waals surface area contributed by atoms with Crippen LogP contribution in [0, 0.1) is 0 Å². The van der Waals surface area contributed by atoms with Gasteiger partial charge in [0.1, 0.15) is 11.5 Å². The zero-order valence-corrected chi connectivity index (χ0v) is 11.3. The molecule has 5 heteroatoms. The minimum Gasteiger partial charge on any atom is -0.495 e. The number of hydrogen-bond acceptors (Lipinski definition) is 4. The fraction of sp³-hybridized carbons (Fsp3) is 0.133. The van der Waals surface area contributed by atoms with Crippen molar-refractivity contribution < 1.29 is 14.3 Å². The fourth-order valence-electron chi connectivity index (χ4n) is 1.79. The van der Waals surface area contributed by atoms with Gasteiger partial charge in [-0.1, -0.05) is 12.1 Å². The molecule has 0 atom stereocenters. The van der Waals surface area contributed by atoms with Crippen LogP contribution in [0.15, 0.2) is 42.5 Å². The van der Waals surface area contributed by atoms with E-state index in [1.165, 1.54) is 7.11 Å². The van der Waals surface area contributed by atoms with Gasteiger partial charge < -0.3 is 20.5 Å². The van der Waals surface area contributed by atoms with Gasteiger partial charge in [0.15, 0.2) is 0 Å². The monoisotopic (exact) mass is 272 g/mol. The number of nitrogens with two attached hydrogens (primary N) is 1. The zero-order chi connectivity index (χ0) is 14.5. The van der Waals surface area contributed by atoms with Gasteiger partial charge in [0, 0.05) is 5.56 Å². The van der Waals surface area contributed by atoms with Gasteiger partial charge in [-0.25, -0.2) is 0 Å². The average Bonchev–Trinajstić information content (AvgIpc) is 2.48. The van der Waals surface area contributed by atoms with Crippen molar-refractivity contribution in [1.82, 2.24) is 0 Å². The Morgan fingerprint density at radius 2 is 1.75 bits per heavy atom. The van der Waals surface area contributed by atoms with Gasteiger partial charge in [-0.05, 0) is 30.3 Å². The normalized spacial score (nSPS) is 9.90. The standard InChI is InChI=1S/C15H16N2O3/c1-19-13-6-4-3-5-12(13)17-15(18)10-7-8-11(16)14(9-10)20-2/h3-9H,16H2,1-2H3,(H,17,18). The van der Waals surface area contributed by atoms with Crippen LogP contribution in [-0.2, 0) is 0 Å². The van der Waals surface area contributed by atoms with Crippen LogP contribution in [0.2, 0.25) is 0 Å². The Morgan fingerprint density at radius 3 is 2.45 bits per heavy atom. The second-order valence-corrected chi connectivity index (χ2v) is 4.11. The Hall–Kier alpha value is -2.69. The number of benzene rings is 2. The second kappa shape index (κ2) is 5.97. The van der Waals surface area contributed by atoms with E-state index in [2.05, 4.69) is 5.32 Å². The topological polar surface area (TPSA) is 73.6 Å². The molecule has 3 N–H and O–H groups in total. The fourth-order valence-corrected chi connectivity index (χ4v) is 1.79. The number of carbonyl (C=O) groups is 1. The van der Waals surface area contributed by atoms with E-state index < -0.39 is 0 Å². The molecule has 104 valence electrons. The Balaban J connectivity index is 2.24. The lowest BCUT2D eigenvalue weighted by Gasteiger charge is -2.11. The number of nitrogen functional groups attached to an aromatic ring is 1. The van der Waals surface area contributed by atoms with Gasteiger partial charge in [-0.15, -0.1) is 0 Å². The van der Waals surface area contributed by atoms with Crippen molar-refractivity contribution in [2.24, 2.45) is 0 Å². The highest BCUT2D eigenvalue weighted by Crippen LogP contribution is 2.26. The van der Waals surface area contributed by atoms with E-state index in [1.807, 2.05) is 12.1 Å². The zero-order valence-electron chi connectivity index (χ0n) is 11.3. The first-order valence-electron chi connectivity index (χ1n) is 6.03. The summed E-state index contributed by atoms with van der Waals surface area (Å²) in [6, 6.07) is 12.1. The number of rotatable bonds is 4. The molecule has 0 radical (unpaired) electrons. The van der Waals surface area contributed by atoms with Crippen molar-refractivity contribution in [3.05, 3.63) is 48.0 Å². The lowest BCUT2D eigenvalue weighted by molar-refractivity contribution is 0.102. The number of amides is 1. The SMILES string of the molecule is COc1cc(C(=O)Nc2ccccc2OC)ccc1N. The Bertz CT molecular complexity index is 626. The number of hydrogen-bond donors (Lipinski definition) is 2. The predicted molar refractivity (Wildman–Crippen MR) is 78.4 cm³/mol. The van der Waals surface area contributed by atoms with Crippen molar-refractivity contribution in [3.8, 4) is 11.5 Å². The van der Waals surface area contributed by atoms with Gasteiger partial charge in [0.05, 0.1) is 25.6 Å². The van der Waals surface area contributed by atoms with Crippen molar-refractivity contribution in [1.29, 1.82) is 0 Å². The lowest BCUT2D eigenvalue weighted by atomic mass is 10.1. The number of nitrogens with one attached hydrogen (secondary N) is 1. The molecule has 1 amide bonds. The van der Waals surface area contributed by atoms with E-state index in [0.717, 1.165) is 0 Å². The quantitative estimate of drug-likeness (QED) is 0.839. The summed E-state index contributed by atoms with van der Waals surface area (Å²) >= 11 is 0.